The molecule has 0 radical (unpaired) electrons. The van der Waals surface area contributed by atoms with E-state index in [-0.39, 0.29) is 0 Å². The largest absolute Gasteiger partial charge is 0.497 e. The molecule has 2 N–H and O–H groups in total. The van der Waals surface area contributed by atoms with E-state index in [9.17, 15) is 5.26 Å². The molecule has 4 heterocycles. The van der Waals surface area contributed by atoms with Crippen LogP contribution in [0.4, 0.5) is 11.5 Å². The molecule has 0 aromatic carbocycles. The third-order valence-electron chi connectivity index (χ3n) is 4.15. The zero-order valence-corrected chi connectivity index (χ0v) is 16.2. The van der Waals surface area contributed by atoms with Crippen LogP contribution in [0.1, 0.15) is 5.56 Å². The van der Waals surface area contributed by atoms with E-state index in [2.05, 4.69) is 20.9 Å². The van der Waals surface area contributed by atoms with Gasteiger partial charge in [-0.2, -0.15) is 5.26 Å². The summed E-state index contributed by atoms with van der Waals surface area (Å²) < 4.78 is 5.46. The van der Waals surface area contributed by atoms with Crippen LogP contribution in [0.5, 0.6) is 5.75 Å². The number of thiazole rings is 1. The van der Waals surface area contributed by atoms with Gasteiger partial charge in [0.25, 0.3) is 0 Å². The van der Waals surface area contributed by atoms with Gasteiger partial charge >= 0.3 is 0 Å². The van der Waals surface area contributed by atoms with Crippen LogP contribution in [-0.2, 0) is 0 Å². The Morgan fingerprint density at radius 1 is 1.26 bits per heavy atom. The summed E-state index contributed by atoms with van der Waals surface area (Å²) in [6.45, 7) is 0.921. The molecule has 1 aliphatic heterocycles. The molecular formula is C18H16N6OS2. The number of hydrogen-bond acceptors (Lipinski definition) is 9. The Morgan fingerprint density at radius 2 is 2.15 bits per heavy atom. The molecule has 0 atom stereocenters. The standard InChI is InChI=1S/C18H16N6OS2/c1-25-11-6-14(22-16(7-11)24-3-5-26-10-24)17-12(9-19)13(20)8-15(23-17)18-21-2-4-27-18/h2,4,6-8H,3,5,10H2,1H3,(H2,20,23). The fraction of sp³-hybridized carbons (Fsp3) is 0.222. The molecular weight excluding hydrogens is 380 g/mol. The zero-order valence-electron chi connectivity index (χ0n) is 14.5. The van der Waals surface area contributed by atoms with Gasteiger partial charge in [-0.15, -0.1) is 23.1 Å². The van der Waals surface area contributed by atoms with Crippen molar-refractivity contribution in [2.45, 2.75) is 0 Å². The highest BCUT2D eigenvalue weighted by molar-refractivity contribution is 7.99. The van der Waals surface area contributed by atoms with E-state index in [4.69, 9.17) is 15.5 Å². The summed E-state index contributed by atoms with van der Waals surface area (Å²) in [5.41, 5.74) is 8.43. The number of anilines is 2. The quantitative estimate of drug-likeness (QED) is 0.717. The maximum Gasteiger partial charge on any atom is 0.141 e. The number of methoxy groups -OCH3 is 1. The minimum absolute atomic E-state index is 0.304. The lowest BCUT2D eigenvalue weighted by atomic mass is 10.1. The van der Waals surface area contributed by atoms with Gasteiger partial charge in [-0.1, -0.05) is 0 Å². The fourth-order valence-electron chi connectivity index (χ4n) is 2.81. The van der Waals surface area contributed by atoms with Gasteiger partial charge in [0.15, 0.2) is 0 Å². The normalized spacial score (nSPS) is 13.6. The molecule has 136 valence electrons. The molecule has 1 fully saturated rings. The second kappa shape index (κ2) is 7.42. The molecule has 1 aliphatic rings. The fourth-order valence-corrected chi connectivity index (χ4v) is 4.37. The van der Waals surface area contributed by atoms with Crippen LogP contribution >= 0.6 is 23.1 Å². The first-order valence-corrected chi connectivity index (χ1v) is 10.2. The Bertz CT molecular complexity index is 1010. The highest BCUT2D eigenvalue weighted by Gasteiger charge is 2.20. The van der Waals surface area contributed by atoms with E-state index in [0.29, 0.717) is 34.1 Å². The van der Waals surface area contributed by atoms with Gasteiger partial charge in [-0.05, 0) is 6.07 Å². The summed E-state index contributed by atoms with van der Waals surface area (Å²) in [6, 6.07) is 7.51. The maximum absolute atomic E-state index is 9.63. The molecule has 0 aliphatic carbocycles. The first-order chi connectivity index (χ1) is 13.2. The third kappa shape index (κ3) is 3.41. The minimum Gasteiger partial charge on any atom is -0.497 e. The number of ether oxygens (including phenoxy) is 1. The van der Waals surface area contributed by atoms with Crippen molar-refractivity contribution in [3.63, 3.8) is 0 Å². The van der Waals surface area contributed by atoms with Gasteiger partial charge in [0.1, 0.15) is 39.6 Å². The number of hydrogen-bond donors (Lipinski definition) is 1. The van der Waals surface area contributed by atoms with Gasteiger partial charge in [-0.3, -0.25) is 0 Å². The summed E-state index contributed by atoms with van der Waals surface area (Å²) in [5, 5.41) is 12.2. The number of nitrogens with zero attached hydrogens (tertiary/aromatic N) is 5. The summed E-state index contributed by atoms with van der Waals surface area (Å²) in [5.74, 6) is 3.40. The monoisotopic (exact) mass is 396 g/mol. The maximum atomic E-state index is 9.63. The number of rotatable bonds is 4. The number of pyridine rings is 2. The molecule has 0 bridgehead atoms. The number of aromatic nitrogens is 3. The van der Waals surface area contributed by atoms with Gasteiger partial charge < -0.3 is 15.4 Å². The van der Waals surface area contributed by atoms with Crippen LogP contribution in [-0.4, -0.2) is 40.2 Å². The van der Waals surface area contributed by atoms with E-state index >= 15 is 0 Å². The lowest BCUT2D eigenvalue weighted by Gasteiger charge is -2.18. The number of nitrogens with two attached hydrogens (primary N) is 1. The molecule has 3 aromatic heterocycles. The topological polar surface area (TPSA) is 101 Å². The van der Waals surface area contributed by atoms with Crippen molar-refractivity contribution in [2.75, 3.05) is 35.9 Å². The van der Waals surface area contributed by atoms with E-state index < -0.39 is 0 Å². The summed E-state index contributed by atoms with van der Waals surface area (Å²) in [4.78, 5) is 15.9. The molecule has 1 saturated heterocycles. The smallest absolute Gasteiger partial charge is 0.141 e. The molecule has 7 nitrogen and oxygen atoms in total. The van der Waals surface area contributed by atoms with Crippen LogP contribution in [0.3, 0.4) is 0 Å². The molecule has 3 aromatic rings. The van der Waals surface area contributed by atoms with Crippen molar-refractivity contribution in [1.29, 1.82) is 5.26 Å². The minimum atomic E-state index is 0.304. The Labute approximate surface area is 164 Å². The lowest BCUT2D eigenvalue weighted by molar-refractivity contribution is 0.414. The predicted octanol–water partition coefficient (Wildman–Crippen LogP) is 3.24. The second-order valence-corrected chi connectivity index (χ2v) is 7.79. The Balaban J connectivity index is 1.89. The average molecular weight is 397 g/mol. The summed E-state index contributed by atoms with van der Waals surface area (Å²) >= 11 is 3.32. The van der Waals surface area contributed by atoms with Gasteiger partial charge in [-0.25, -0.2) is 15.0 Å². The van der Waals surface area contributed by atoms with Crippen LogP contribution < -0.4 is 15.4 Å². The van der Waals surface area contributed by atoms with E-state index in [1.54, 1.807) is 25.4 Å². The van der Waals surface area contributed by atoms with E-state index in [1.165, 1.54) is 11.3 Å². The number of thioether (sulfide) groups is 1. The molecule has 0 saturated carbocycles. The number of nitriles is 1. The SMILES string of the molecule is COc1cc(-c2nc(-c3nccs3)cc(N)c2C#N)nc(N2CCSC2)c1. The lowest BCUT2D eigenvalue weighted by Crippen LogP contribution is -2.19. The highest BCUT2D eigenvalue weighted by Crippen LogP contribution is 2.34. The Kier molecular flexibility index (Phi) is 4.83. The average Bonchev–Trinajstić information content (AvgIpc) is 3.40. The van der Waals surface area contributed by atoms with Crippen LogP contribution in [0.2, 0.25) is 0 Å². The van der Waals surface area contributed by atoms with Crippen molar-refractivity contribution in [3.8, 4) is 33.9 Å². The van der Waals surface area contributed by atoms with E-state index in [0.717, 1.165) is 29.0 Å². The van der Waals surface area contributed by atoms with Crippen molar-refractivity contribution < 1.29 is 4.74 Å². The first kappa shape index (κ1) is 17.6. The molecule has 4 rings (SSSR count). The van der Waals surface area contributed by atoms with Crippen LogP contribution in [0, 0.1) is 11.3 Å². The molecule has 27 heavy (non-hydrogen) atoms. The summed E-state index contributed by atoms with van der Waals surface area (Å²) in [6.07, 6.45) is 1.71. The van der Waals surface area contributed by atoms with Gasteiger partial charge in [0.2, 0.25) is 0 Å². The first-order valence-electron chi connectivity index (χ1n) is 8.19. The zero-order chi connectivity index (χ0) is 18.8. The second-order valence-electron chi connectivity index (χ2n) is 5.82. The van der Waals surface area contributed by atoms with Crippen molar-refractivity contribution in [2.24, 2.45) is 0 Å². The van der Waals surface area contributed by atoms with Crippen molar-refractivity contribution in [1.82, 2.24) is 15.0 Å². The third-order valence-corrected chi connectivity index (χ3v) is 5.91. The van der Waals surface area contributed by atoms with Crippen molar-refractivity contribution >= 4 is 34.6 Å². The van der Waals surface area contributed by atoms with Gasteiger partial charge in [0, 0.05) is 36.0 Å². The molecule has 9 heteroatoms. The Morgan fingerprint density at radius 3 is 2.81 bits per heavy atom. The predicted molar refractivity (Wildman–Crippen MR) is 109 cm³/mol. The van der Waals surface area contributed by atoms with E-state index in [1.807, 2.05) is 23.2 Å². The van der Waals surface area contributed by atoms with Crippen molar-refractivity contribution in [3.05, 3.63) is 35.3 Å². The summed E-state index contributed by atoms with van der Waals surface area (Å²) in [7, 11) is 1.61. The van der Waals surface area contributed by atoms with Crippen LogP contribution in [0.25, 0.3) is 22.1 Å². The number of nitrogen functional groups attached to an aromatic ring is 1. The van der Waals surface area contributed by atoms with Gasteiger partial charge in [0.05, 0.1) is 24.4 Å². The Hall–Kier alpha value is -2.83. The molecule has 0 spiro atoms. The highest BCUT2D eigenvalue weighted by atomic mass is 32.2. The molecule has 0 amide bonds. The molecule has 0 unspecified atom stereocenters. The van der Waals surface area contributed by atoms with Crippen LogP contribution in [0.15, 0.2) is 29.8 Å².